The van der Waals surface area contributed by atoms with Gasteiger partial charge in [-0.2, -0.15) is 13.2 Å². The van der Waals surface area contributed by atoms with Crippen molar-refractivity contribution in [3.8, 4) is 0 Å². The van der Waals surface area contributed by atoms with Crippen molar-refractivity contribution in [3.05, 3.63) is 23.4 Å². The zero-order chi connectivity index (χ0) is 16.0. The van der Waals surface area contributed by atoms with Crippen LogP contribution in [0.1, 0.15) is 17.7 Å². The van der Waals surface area contributed by atoms with Gasteiger partial charge in [-0.3, -0.25) is 0 Å². The number of amidine groups is 1. The molecule has 0 aliphatic carbocycles. The minimum atomic E-state index is -4.56. The molecule has 0 aliphatic heterocycles. The van der Waals surface area contributed by atoms with Crippen LogP contribution in [0.2, 0.25) is 0 Å². The van der Waals surface area contributed by atoms with Crippen LogP contribution in [0.4, 0.5) is 19.0 Å². The number of methoxy groups -OCH3 is 1. The van der Waals surface area contributed by atoms with E-state index in [0.29, 0.717) is 19.6 Å². The van der Waals surface area contributed by atoms with Crippen molar-refractivity contribution in [3.63, 3.8) is 0 Å². The van der Waals surface area contributed by atoms with Crippen LogP contribution < -0.4 is 10.6 Å². The van der Waals surface area contributed by atoms with Gasteiger partial charge in [0.05, 0.1) is 5.56 Å². The molecular weight excluding hydrogens is 289 g/mol. The molecule has 1 heterocycles. The van der Waals surface area contributed by atoms with Gasteiger partial charge in [-0.15, -0.1) is 0 Å². The van der Waals surface area contributed by atoms with E-state index in [9.17, 15) is 13.2 Å². The third kappa shape index (κ3) is 4.48. The normalized spacial score (nSPS) is 12.5. The number of nitrogens with two attached hydrogens (primary N) is 1. The molecule has 3 N–H and O–H groups in total. The Morgan fingerprint density at radius 3 is 2.67 bits per heavy atom. The lowest BCUT2D eigenvalue weighted by Gasteiger charge is -2.22. The van der Waals surface area contributed by atoms with Crippen LogP contribution >= 0.6 is 0 Å². The van der Waals surface area contributed by atoms with Crippen LogP contribution in [0, 0.1) is 0 Å². The molecule has 0 saturated heterocycles. The average molecular weight is 306 g/mol. The summed E-state index contributed by atoms with van der Waals surface area (Å²) in [5, 5.41) is 11.5. The van der Waals surface area contributed by atoms with E-state index in [-0.39, 0.29) is 17.2 Å². The Labute approximate surface area is 120 Å². The fraction of sp³-hybridized carbons (Fsp3) is 0.500. The number of hydrogen-bond acceptors (Lipinski definition) is 5. The molecule has 0 unspecified atom stereocenters. The lowest BCUT2D eigenvalue weighted by Crippen LogP contribution is -2.27. The number of hydrogen-bond donors (Lipinski definition) is 2. The predicted molar refractivity (Wildman–Crippen MR) is 71.5 cm³/mol. The van der Waals surface area contributed by atoms with Crippen molar-refractivity contribution in [1.29, 1.82) is 0 Å². The maximum Gasteiger partial charge on any atom is 0.433 e. The van der Waals surface area contributed by atoms with Crippen LogP contribution in [0.5, 0.6) is 0 Å². The summed E-state index contributed by atoms with van der Waals surface area (Å²) in [7, 11) is 3.11. The van der Waals surface area contributed by atoms with Gasteiger partial charge in [0.25, 0.3) is 0 Å². The largest absolute Gasteiger partial charge is 0.433 e. The van der Waals surface area contributed by atoms with E-state index < -0.39 is 11.9 Å². The Balaban J connectivity index is 3.16. The summed E-state index contributed by atoms with van der Waals surface area (Å²) in [6.07, 6.45) is -3.97. The number of oxime groups is 1. The molecule has 0 aliphatic rings. The molecule has 0 amide bonds. The first kappa shape index (κ1) is 17.0. The Bertz CT molecular complexity index is 506. The fourth-order valence-electron chi connectivity index (χ4n) is 1.70. The molecule has 1 aromatic rings. The van der Waals surface area contributed by atoms with Gasteiger partial charge in [0.15, 0.2) is 5.84 Å². The second-order valence-electron chi connectivity index (χ2n) is 4.32. The molecule has 0 atom stereocenters. The van der Waals surface area contributed by atoms with E-state index >= 15 is 0 Å². The van der Waals surface area contributed by atoms with Gasteiger partial charge in [-0.1, -0.05) is 5.16 Å². The molecule has 0 saturated carbocycles. The maximum absolute atomic E-state index is 12.7. The molecule has 0 spiro atoms. The molecule has 6 nitrogen and oxygen atoms in total. The Morgan fingerprint density at radius 2 is 2.14 bits per heavy atom. The summed E-state index contributed by atoms with van der Waals surface area (Å²) in [6, 6.07) is 1.92. The van der Waals surface area contributed by atoms with E-state index in [1.54, 1.807) is 7.05 Å². The molecule has 0 aromatic carbocycles. The second-order valence-corrected chi connectivity index (χ2v) is 4.32. The third-order valence-corrected chi connectivity index (χ3v) is 2.75. The summed E-state index contributed by atoms with van der Waals surface area (Å²) in [5.41, 5.74) is 4.57. The molecule has 0 fully saturated rings. The molecule has 21 heavy (non-hydrogen) atoms. The highest BCUT2D eigenvalue weighted by molar-refractivity contribution is 6.01. The van der Waals surface area contributed by atoms with Crippen molar-refractivity contribution in [2.45, 2.75) is 12.6 Å². The molecule has 9 heteroatoms. The maximum atomic E-state index is 12.7. The van der Waals surface area contributed by atoms with Crippen LogP contribution in [0.15, 0.2) is 17.3 Å². The topological polar surface area (TPSA) is 84.0 Å². The summed E-state index contributed by atoms with van der Waals surface area (Å²) in [4.78, 5) is 5.08. The first-order valence-corrected chi connectivity index (χ1v) is 6.07. The standard InChI is InChI=1S/C12H17F3N4O2/c1-19(6-3-7-21-2)11-8(10(16)18-20)4-5-9(17-11)12(13,14)15/h4-5,20H,3,6-7H2,1-2H3,(H2,16,18). The lowest BCUT2D eigenvalue weighted by atomic mass is 10.2. The van der Waals surface area contributed by atoms with Gasteiger partial charge >= 0.3 is 6.18 Å². The molecule has 0 bridgehead atoms. The zero-order valence-corrected chi connectivity index (χ0v) is 11.7. The zero-order valence-electron chi connectivity index (χ0n) is 11.7. The van der Waals surface area contributed by atoms with Crippen LogP contribution in [-0.4, -0.2) is 43.3 Å². The molecule has 118 valence electrons. The first-order valence-electron chi connectivity index (χ1n) is 6.07. The highest BCUT2D eigenvalue weighted by Gasteiger charge is 2.33. The van der Waals surface area contributed by atoms with Crippen molar-refractivity contribution in [2.24, 2.45) is 10.9 Å². The van der Waals surface area contributed by atoms with E-state index in [0.717, 1.165) is 12.1 Å². The van der Waals surface area contributed by atoms with Gasteiger partial charge in [0, 0.05) is 27.3 Å². The minimum Gasteiger partial charge on any atom is -0.409 e. The number of ether oxygens (including phenoxy) is 1. The smallest absolute Gasteiger partial charge is 0.409 e. The van der Waals surface area contributed by atoms with Crippen molar-refractivity contribution in [2.75, 3.05) is 32.2 Å². The highest BCUT2D eigenvalue weighted by atomic mass is 19.4. The Hall–Kier alpha value is -2.03. The number of rotatable bonds is 6. The van der Waals surface area contributed by atoms with Gasteiger partial charge in [-0.25, -0.2) is 4.98 Å². The lowest BCUT2D eigenvalue weighted by molar-refractivity contribution is -0.141. The van der Waals surface area contributed by atoms with Crippen LogP contribution in [0.3, 0.4) is 0 Å². The summed E-state index contributed by atoms with van der Waals surface area (Å²) in [5.74, 6) is -0.305. The van der Waals surface area contributed by atoms with E-state index in [1.165, 1.54) is 12.0 Å². The van der Waals surface area contributed by atoms with Gasteiger partial charge in [0.1, 0.15) is 11.5 Å². The number of nitrogens with zero attached hydrogens (tertiary/aromatic N) is 3. The fourth-order valence-corrected chi connectivity index (χ4v) is 1.70. The number of halogens is 3. The second kappa shape index (κ2) is 7.11. The summed E-state index contributed by atoms with van der Waals surface area (Å²) in [6.45, 7) is 0.871. The molecule has 1 aromatic heterocycles. The van der Waals surface area contributed by atoms with Crippen molar-refractivity contribution in [1.82, 2.24) is 4.98 Å². The van der Waals surface area contributed by atoms with E-state index in [1.807, 2.05) is 0 Å². The predicted octanol–water partition coefficient (Wildman–Crippen LogP) is 1.67. The Morgan fingerprint density at radius 1 is 1.48 bits per heavy atom. The Kier molecular flexibility index (Phi) is 5.77. The van der Waals surface area contributed by atoms with Crippen molar-refractivity contribution >= 4 is 11.7 Å². The monoisotopic (exact) mass is 306 g/mol. The van der Waals surface area contributed by atoms with Gasteiger partial charge < -0.3 is 20.6 Å². The SMILES string of the molecule is COCCCN(C)c1nc(C(F)(F)F)ccc1C(N)=NO. The summed E-state index contributed by atoms with van der Waals surface area (Å²) >= 11 is 0. The van der Waals surface area contributed by atoms with Gasteiger partial charge in [0.2, 0.25) is 0 Å². The van der Waals surface area contributed by atoms with E-state index in [4.69, 9.17) is 15.7 Å². The number of anilines is 1. The van der Waals surface area contributed by atoms with Gasteiger partial charge in [-0.05, 0) is 18.6 Å². The van der Waals surface area contributed by atoms with E-state index in [2.05, 4.69) is 10.1 Å². The highest BCUT2D eigenvalue weighted by Crippen LogP contribution is 2.30. The van der Waals surface area contributed by atoms with Crippen LogP contribution in [0.25, 0.3) is 0 Å². The number of pyridine rings is 1. The summed E-state index contributed by atoms with van der Waals surface area (Å²) < 4.78 is 43.1. The number of aromatic nitrogens is 1. The first-order chi connectivity index (χ1) is 9.81. The average Bonchev–Trinajstić information content (AvgIpc) is 2.45. The quantitative estimate of drug-likeness (QED) is 0.274. The molecular formula is C12H17F3N4O2. The minimum absolute atomic E-state index is 0.00349. The van der Waals surface area contributed by atoms with Crippen molar-refractivity contribution < 1.29 is 23.1 Å². The molecule has 1 rings (SSSR count). The van der Waals surface area contributed by atoms with Crippen LogP contribution in [-0.2, 0) is 10.9 Å². The third-order valence-electron chi connectivity index (χ3n) is 2.75. The number of alkyl halides is 3. The molecule has 0 radical (unpaired) electrons.